The fourth-order valence-corrected chi connectivity index (χ4v) is 4.76. The minimum atomic E-state index is -3.25. The van der Waals surface area contributed by atoms with E-state index in [9.17, 15) is 8.42 Å². The zero-order valence-electron chi connectivity index (χ0n) is 11.5. The summed E-state index contributed by atoms with van der Waals surface area (Å²) in [6.07, 6.45) is 3.57. The third-order valence-electron chi connectivity index (χ3n) is 3.42. The van der Waals surface area contributed by atoms with Crippen LogP contribution in [-0.4, -0.2) is 26.0 Å². The molecule has 0 aromatic heterocycles. The summed E-state index contributed by atoms with van der Waals surface area (Å²) in [5.74, 6) is 1.18. The van der Waals surface area contributed by atoms with Crippen molar-refractivity contribution in [1.82, 2.24) is 4.72 Å². The van der Waals surface area contributed by atoms with Gasteiger partial charge in [-0.05, 0) is 29.7 Å². The zero-order chi connectivity index (χ0) is 14.4. The molecule has 2 rings (SSSR count). The van der Waals surface area contributed by atoms with Gasteiger partial charge in [-0.3, -0.25) is 0 Å². The molecule has 0 aliphatic carbocycles. The molecule has 0 bridgehead atoms. The predicted molar refractivity (Wildman–Crippen MR) is 85.1 cm³/mol. The van der Waals surface area contributed by atoms with Gasteiger partial charge in [-0.2, -0.15) is 11.8 Å². The Kier molecular flexibility index (Phi) is 5.89. The Morgan fingerprint density at radius 2 is 1.90 bits per heavy atom. The molecule has 3 N–H and O–H groups in total. The first-order valence-electron chi connectivity index (χ1n) is 6.96. The van der Waals surface area contributed by atoms with Crippen LogP contribution in [0.5, 0.6) is 0 Å². The highest BCUT2D eigenvalue weighted by molar-refractivity contribution is 8.00. The SMILES string of the molecule is NCc1ccc(CS(=O)(=O)NCC2CCCCS2)cc1. The van der Waals surface area contributed by atoms with E-state index in [-0.39, 0.29) is 5.75 Å². The van der Waals surface area contributed by atoms with Crippen molar-refractivity contribution in [2.24, 2.45) is 5.73 Å². The van der Waals surface area contributed by atoms with Crippen molar-refractivity contribution >= 4 is 21.8 Å². The summed E-state index contributed by atoms with van der Waals surface area (Å²) in [5, 5.41) is 0.429. The van der Waals surface area contributed by atoms with E-state index >= 15 is 0 Å². The van der Waals surface area contributed by atoms with Gasteiger partial charge < -0.3 is 5.73 Å². The lowest BCUT2D eigenvalue weighted by Crippen LogP contribution is -2.32. The standard InChI is InChI=1S/C14H22N2O2S2/c15-9-12-4-6-13(7-5-12)11-20(17,18)16-10-14-3-1-2-8-19-14/h4-7,14,16H,1-3,8-11,15H2. The second kappa shape index (κ2) is 7.45. The minimum Gasteiger partial charge on any atom is -0.326 e. The van der Waals surface area contributed by atoms with E-state index in [4.69, 9.17) is 5.73 Å². The van der Waals surface area contributed by atoms with E-state index in [2.05, 4.69) is 4.72 Å². The molecule has 0 saturated carbocycles. The predicted octanol–water partition coefficient (Wildman–Crippen LogP) is 1.85. The van der Waals surface area contributed by atoms with Gasteiger partial charge in [0.15, 0.2) is 0 Å². The molecule has 1 aromatic carbocycles. The number of benzene rings is 1. The van der Waals surface area contributed by atoms with Crippen LogP contribution < -0.4 is 10.5 Å². The lowest BCUT2D eigenvalue weighted by atomic mass is 10.1. The molecule has 1 fully saturated rings. The Bertz CT molecular complexity index is 508. The second-order valence-corrected chi connectivity index (χ2v) is 8.33. The number of sulfonamides is 1. The molecule has 1 aromatic rings. The fraction of sp³-hybridized carbons (Fsp3) is 0.571. The molecule has 1 aliphatic heterocycles. The van der Waals surface area contributed by atoms with Crippen molar-refractivity contribution in [3.8, 4) is 0 Å². The summed E-state index contributed by atoms with van der Waals surface area (Å²) in [4.78, 5) is 0. The van der Waals surface area contributed by atoms with Crippen LogP contribution in [0.3, 0.4) is 0 Å². The summed E-state index contributed by atoms with van der Waals surface area (Å²) >= 11 is 1.87. The van der Waals surface area contributed by atoms with E-state index < -0.39 is 10.0 Å². The Balaban J connectivity index is 1.85. The van der Waals surface area contributed by atoms with Crippen LogP contribution in [0.25, 0.3) is 0 Å². The van der Waals surface area contributed by atoms with Gasteiger partial charge >= 0.3 is 0 Å². The Labute approximate surface area is 125 Å². The van der Waals surface area contributed by atoms with Crippen molar-refractivity contribution in [2.45, 2.75) is 36.8 Å². The van der Waals surface area contributed by atoms with Crippen LogP contribution in [0.4, 0.5) is 0 Å². The Morgan fingerprint density at radius 3 is 2.50 bits per heavy atom. The van der Waals surface area contributed by atoms with Gasteiger partial charge in [0, 0.05) is 18.3 Å². The van der Waals surface area contributed by atoms with Crippen LogP contribution in [0.1, 0.15) is 30.4 Å². The maximum Gasteiger partial charge on any atom is 0.215 e. The van der Waals surface area contributed by atoms with E-state index in [0.29, 0.717) is 18.3 Å². The van der Waals surface area contributed by atoms with Crippen LogP contribution in [0.15, 0.2) is 24.3 Å². The summed E-state index contributed by atoms with van der Waals surface area (Å²) in [7, 11) is -3.25. The van der Waals surface area contributed by atoms with Gasteiger partial charge in [-0.25, -0.2) is 13.1 Å². The highest BCUT2D eigenvalue weighted by Gasteiger charge is 2.17. The molecule has 1 aliphatic rings. The van der Waals surface area contributed by atoms with Crippen LogP contribution in [-0.2, 0) is 22.3 Å². The number of rotatable bonds is 6. The molecule has 6 heteroatoms. The third kappa shape index (κ3) is 5.09. The number of hydrogen-bond donors (Lipinski definition) is 2. The van der Waals surface area contributed by atoms with E-state index in [0.717, 1.165) is 23.3 Å². The molecule has 1 heterocycles. The number of hydrogen-bond acceptors (Lipinski definition) is 4. The third-order valence-corrected chi connectivity index (χ3v) is 6.14. The van der Waals surface area contributed by atoms with E-state index in [1.54, 1.807) is 0 Å². The molecular formula is C14H22N2O2S2. The van der Waals surface area contributed by atoms with Gasteiger partial charge in [0.05, 0.1) is 5.75 Å². The largest absolute Gasteiger partial charge is 0.326 e. The monoisotopic (exact) mass is 314 g/mol. The van der Waals surface area contributed by atoms with E-state index in [1.807, 2.05) is 36.0 Å². The van der Waals surface area contributed by atoms with Crippen LogP contribution >= 0.6 is 11.8 Å². The quantitative estimate of drug-likeness (QED) is 0.840. The van der Waals surface area contributed by atoms with Gasteiger partial charge in [0.1, 0.15) is 0 Å². The first-order chi connectivity index (χ1) is 9.59. The maximum atomic E-state index is 12.1. The number of nitrogens with two attached hydrogens (primary N) is 1. The van der Waals surface area contributed by atoms with Crippen molar-refractivity contribution in [3.63, 3.8) is 0 Å². The number of thioether (sulfide) groups is 1. The van der Waals surface area contributed by atoms with Crippen molar-refractivity contribution in [1.29, 1.82) is 0 Å². The smallest absolute Gasteiger partial charge is 0.215 e. The van der Waals surface area contributed by atoms with Gasteiger partial charge in [-0.15, -0.1) is 0 Å². The summed E-state index contributed by atoms with van der Waals surface area (Å²) in [5.41, 5.74) is 7.33. The van der Waals surface area contributed by atoms with Crippen molar-refractivity contribution in [2.75, 3.05) is 12.3 Å². The first-order valence-corrected chi connectivity index (χ1v) is 9.66. The van der Waals surface area contributed by atoms with Gasteiger partial charge in [0.25, 0.3) is 0 Å². The Hall–Kier alpha value is -0.560. The van der Waals surface area contributed by atoms with Gasteiger partial charge in [0.2, 0.25) is 10.0 Å². The molecule has 0 amide bonds. The minimum absolute atomic E-state index is 0.0369. The molecule has 1 saturated heterocycles. The molecule has 112 valence electrons. The molecule has 0 radical (unpaired) electrons. The lowest BCUT2D eigenvalue weighted by molar-refractivity contribution is 0.573. The maximum absolute atomic E-state index is 12.1. The summed E-state index contributed by atoms with van der Waals surface area (Å²) < 4.78 is 26.8. The molecule has 1 unspecified atom stereocenters. The second-order valence-electron chi connectivity index (χ2n) is 5.12. The topological polar surface area (TPSA) is 72.2 Å². The molecule has 0 spiro atoms. The highest BCUT2D eigenvalue weighted by Crippen LogP contribution is 2.24. The number of nitrogens with one attached hydrogen (secondary N) is 1. The average Bonchev–Trinajstić information content (AvgIpc) is 2.47. The highest BCUT2D eigenvalue weighted by atomic mass is 32.2. The molecule has 1 atom stereocenters. The van der Waals surface area contributed by atoms with E-state index in [1.165, 1.54) is 12.8 Å². The summed E-state index contributed by atoms with van der Waals surface area (Å²) in [6.45, 7) is 1.03. The molecule has 20 heavy (non-hydrogen) atoms. The lowest BCUT2D eigenvalue weighted by Gasteiger charge is -2.21. The van der Waals surface area contributed by atoms with Crippen molar-refractivity contribution < 1.29 is 8.42 Å². The summed E-state index contributed by atoms with van der Waals surface area (Å²) in [6, 6.07) is 7.41. The Morgan fingerprint density at radius 1 is 1.20 bits per heavy atom. The zero-order valence-corrected chi connectivity index (χ0v) is 13.2. The first kappa shape index (κ1) is 15.8. The van der Waals surface area contributed by atoms with Crippen LogP contribution in [0, 0.1) is 0 Å². The van der Waals surface area contributed by atoms with Crippen LogP contribution in [0.2, 0.25) is 0 Å². The molecular weight excluding hydrogens is 292 g/mol. The fourth-order valence-electron chi connectivity index (χ4n) is 2.23. The van der Waals surface area contributed by atoms with Gasteiger partial charge in [-0.1, -0.05) is 30.7 Å². The molecule has 4 nitrogen and oxygen atoms in total. The average molecular weight is 314 g/mol. The van der Waals surface area contributed by atoms with Crippen molar-refractivity contribution in [3.05, 3.63) is 35.4 Å². The normalized spacial score (nSPS) is 19.9.